The average molecular weight is 237 g/mol. The molecule has 92 valence electrons. The van der Waals surface area contributed by atoms with Crippen LogP contribution in [-0.2, 0) is 11.7 Å². The predicted molar refractivity (Wildman–Crippen MR) is 50.4 cm³/mol. The van der Waals surface area contributed by atoms with Crippen molar-refractivity contribution in [3.8, 4) is 0 Å². The van der Waals surface area contributed by atoms with Crippen molar-refractivity contribution in [3.63, 3.8) is 0 Å². The third-order valence-corrected chi connectivity index (χ3v) is 2.44. The zero-order valence-electron chi connectivity index (χ0n) is 9.14. The van der Waals surface area contributed by atoms with Gasteiger partial charge in [-0.2, -0.15) is 18.2 Å². The van der Waals surface area contributed by atoms with E-state index in [2.05, 4.69) is 14.7 Å². The zero-order valence-corrected chi connectivity index (χ0v) is 9.14. The van der Waals surface area contributed by atoms with E-state index in [0.29, 0.717) is 12.8 Å². The summed E-state index contributed by atoms with van der Waals surface area (Å²) in [5.41, 5.74) is 4.99. The highest BCUT2D eigenvalue weighted by Gasteiger charge is 2.41. The maximum atomic E-state index is 12.2. The number of rotatable bonds is 4. The molecular weight excluding hydrogens is 223 g/mol. The Kier molecular flexibility index (Phi) is 3.57. The molecule has 1 heterocycles. The van der Waals surface area contributed by atoms with Gasteiger partial charge in [0.1, 0.15) is 0 Å². The van der Waals surface area contributed by atoms with Crippen LogP contribution in [0.2, 0.25) is 0 Å². The Labute approximate surface area is 91.0 Å². The summed E-state index contributed by atoms with van der Waals surface area (Å²) < 4.78 is 40.9. The van der Waals surface area contributed by atoms with Crippen LogP contribution in [0, 0.1) is 0 Å². The number of halogens is 3. The van der Waals surface area contributed by atoms with Gasteiger partial charge >= 0.3 is 12.1 Å². The van der Waals surface area contributed by atoms with Crippen LogP contribution in [0.5, 0.6) is 0 Å². The Morgan fingerprint density at radius 2 is 1.94 bits per heavy atom. The maximum Gasteiger partial charge on any atom is 0.471 e. The number of aromatic nitrogens is 2. The number of nitrogens with zero attached hydrogens (tertiary/aromatic N) is 2. The molecule has 0 aliphatic heterocycles. The van der Waals surface area contributed by atoms with Crippen LogP contribution in [0.1, 0.15) is 44.8 Å². The van der Waals surface area contributed by atoms with Crippen molar-refractivity contribution in [1.29, 1.82) is 0 Å². The Bertz CT molecular complexity index is 350. The largest absolute Gasteiger partial charge is 0.471 e. The molecule has 0 saturated heterocycles. The Morgan fingerprint density at radius 3 is 2.31 bits per heavy atom. The zero-order chi connectivity index (χ0) is 12.4. The molecule has 0 aliphatic carbocycles. The Hall–Kier alpha value is -1.11. The van der Waals surface area contributed by atoms with E-state index in [4.69, 9.17) is 5.73 Å². The number of hydrogen-bond donors (Lipinski definition) is 1. The van der Waals surface area contributed by atoms with E-state index in [1.54, 1.807) is 6.92 Å². The SMILES string of the molecule is CCCC(N)(CC)c1noc(C(F)(F)F)n1. The van der Waals surface area contributed by atoms with Gasteiger partial charge in [0, 0.05) is 0 Å². The second-order valence-electron chi connectivity index (χ2n) is 3.68. The van der Waals surface area contributed by atoms with Crippen molar-refractivity contribution in [2.24, 2.45) is 5.73 Å². The molecule has 0 radical (unpaired) electrons. The van der Waals surface area contributed by atoms with Crippen LogP contribution < -0.4 is 5.73 Å². The third kappa shape index (κ3) is 2.52. The molecule has 0 aliphatic rings. The molecule has 1 aromatic heterocycles. The molecule has 0 amide bonds. The van der Waals surface area contributed by atoms with Crippen LogP contribution in [0.3, 0.4) is 0 Å². The summed E-state index contributed by atoms with van der Waals surface area (Å²) in [6.07, 6.45) is -2.91. The van der Waals surface area contributed by atoms with Crippen molar-refractivity contribution >= 4 is 0 Å². The second-order valence-corrected chi connectivity index (χ2v) is 3.68. The maximum absolute atomic E-state index is 12.2. The van der Waals surface area contributed by atoms with Gasteiger partial charge in [-0.05, 0) is 12.8 Å². The molecule has 0 aromatic carbocycles. The molecule has 2 N–H and O–H groups in total. The minimum atomic E-state index is -4.62. The standard InChI is InChI=1S/C9H14F3N3O/c1-3-5-8(13,4-2)6-14-7(16-15-6)9(10,11)12/h3-5,13H2,1-2H3. The normalized spacial score (nSPS) is 16.1. The van der Waals surface area contributed by atoms with Crippen molar-refractivity contribution in [1.82, 2.24) is 10.1 Å². The van der Waals surface area contributed by atoms with E-state index in [1.807, 2.05) is 6.92 Å². The molecular formula is C9H14F3N3O. The van der Waals surface area contributed by atoms with E-state index in [9.17, 15) is 13.2 Å². The van der Waals surface area contributed by atoms with E-state index < -0.39 is 17.6 Å². The van der Waals surface area contributed by atoms with Crippen LogP contribution in [-0.4, -0.2) is 10.1 Å². The summed E-state index contributed by atoms with van der Waals surface area (Å²) in [6.45, 7) is 3.67. The quantitative estimate of drug-likeness (QED) is 0.873. The molecule has 1 rings (SSSR count). The summed E-state index contributed by atoms with van der Waals surface area (Å²) >= 11 is 0. The number of alkyl halides is 3. The van der Waals surface area contributed by atoms with Crippen LogP contribution in [0.25, 0.3) is 0 Å². The predicted octanol–water partition coefficient (Wildman–Crippen LogP) is 2.45. The van der Waals surface area contributed by atoms with Crippen LogP contribution in [0.15, 0.2) is 4.52 Å². The molecule has 1 atom stereocenters. The minimum Gasteiger partial charge on any atom is -0.329 e. The van der Waals surface area contributed by atoms with E-state index >= 15 is 0 Å². The second kappa shape index (κ2) is 4.40. The highest BCUT2D eigenvalue weighted by atomic mass is 19.4. The number of nitrogens with two attached hydrogens (primary N) is 1. The first-order valence-electron chi connectivity index (χ1n) is 5.03. The van der Waals surface area contributed by atoms with Gasteiger partial charge in [0.25, 0.3) is 0 Å². The van der Waals surface area contributed by atoms with Crippen molar-refractivity contribution in [2.45, 2.75) is 44.8 Å². The smallest absolute Gasteiger partial charge is 0.329 e. The summed E-state index contributed by atoms with van der Waals surface area (Å²) in [7, 11) is 0. The minimum absolute atomic E-state index is 0.0795. The van der Waals surface area contributed by atoms with Crippen molar-refractivity contribution < 1.29 is 17.7 Å². The lowest BCUT2D eigenvalue weighted by Crippen LogP contribution is -2.37. The van der Waals surface area contributed by atoms with Gasteiger partial charge in [0.2, 0.25) is 0 Å². The first kappa shape index (κ1) is 13.0. The van der Waals surface area contributed by atoms with Gasteiger partial charge < -0.3 is 10.3 Å². The Morgan fingerprint density at radius 1 is 1.31 bits per heavy atom. The lowest BCUT2D eigenvalue weighted by atomic mass is 9.91. The van der Waals surface area contributed by atoms with Crippen molar-refractivity contribution in [2.75, 3.05) is 0 Å². The van der Waals surface area contributed by atoms with Gasteiger partial charge in [0.15, 0.2) is 5.82 Å². The third-order valence-electron chi connectivity index (χ3n) is 2.44. The van der Waals surface area contributed by atoms with E-state index in [-0.39, 0.29) is 5.82 Å². The summed E-state index contributed by atoms with van der Waals surface area (Å²) in [5, 5.41) is 3.31. The fourth-order valence-electron chi connectivity index (χ4n) is 1.43. The Balaban J connectivity index is 3.00. The fourth-order valence-corrected chi connectivity index (χ4v) is 1.43. The van der Waals surface area contributed by atoms with E-state index in [1.165, 1.54) is 0 Å². The van der Waals surface area contributed by atoms with Crippen LogP contribution >= 0.6 is 0 Å². The average Bonchev–Trinajstić information content (AvgIpc) is 2.66. The fraction of sp³-hybridized carbons (Fsp3) is 0.778. The molecule has 4 nitrogen and oxygen atoms in total. The monoisotopic (exact) mass is 237 g/mol. The van der Waals surface area contributed by atoms with Gasteiger partial charge in [-0.1, -0.05) is 25.4 Å². The lowest BCUT2D eigenvalue weighted by Gasteiger charge is -2.23. The van der Waals surface area contributed by atoms with Gasteiger partial charge in [-0.3, -0.25) is 0 Å². The molecule has 0 saturated carbocycles. The number of hydrogen-bond acceptors (Lipinski definition) is 4. The first-order chi connectivity index (χ1) is 7.33. The molecule has 0 spiro atoms. The van der Waals surface area contributed by atoms with Gasteiger partial charge in [-0.15, -0.1) is 0 Å². The molecule has 16 heavy (non-hydrogen) atoms. The molecule has 0 fully saturated rings. The van der Waals surface area contributed by atoms with Gasteiger partial charge in [0.05, 0.1) is 5.54 Å². The van der Waals surface area contributed by atoms with Crippen molar-refractivity contribution in [3.05, 3.63) is 11.7 Å². The highest BCUT2D eigenvalue weighted by molar-refractivity contribution is 5.04. The molecule has 1 unspecified atom stereocenters. The molecule has 0 bridgehead atoms. The van der Waals surface area contributed by atoms with Crippen LogP contribution in [0.4, 0.5) is 13.2 Å². The lowest BCUT2D eigenvalue weighted by molar-refractivity contribution is -0.159. The summed E-state index contributed by atoms with van der Waals surface area (Å²) in [5.74, 6) is -1.42. The summed E-state index contributed by atoms with van der Waals surface area (Å²) in [6, 6.07) is 0. The van der Waals surface area contributed by atoms with Gasteiger partial charge in [-0.25, -0.2) is 0 Å². The topological polar surface area (TPSA) is 64.9 Å². The molecule has 7 heteroatoms. The first-order valence-corrected chi connectivity index (χ1v) is 5.03. The molecule has 1 aromatic rings. The summed E-state index contributed by atoms with van der Waals surface area (Å²) in [4.78, 5) is 3.32. The highest BCUT2D eigenvalue weighted by Crippen LogP contribution is 2.31. The van der Waals surface area contributed by atoms with E-state index in [0.717, 1.165) is 6.42 Å².